The van der Waals surface area contributed by atoms with E-state index in [-0.39, 0.29) is 12.5 Å². The highest BCUT2D eigenvalue weighted by Crippen LogP contribution is 2.32. The highest BCUT2D eigenvalue weighted by molar-refractivity contribution is 9.12. The van der Waals surface area contributed by atoms with Crippen LogP contribution in [0.4, 0.5) is 5.69 Å². The summed E-state index contributed by atoms with van der Waals surface area (Å²) in [7, 11) is 0. The summed E-state index contributed by atoms with van der Waals surface area (Å²) < 4.78 is 1.66. The molecule has 0 bridgehead atoms. The molecule has 0 aliphatic heterocycles. The summed E-state index contributed by atoms with van der Waals surface area (Å²) in [4.78, 5) is 12.1. The highest BCUT2D eigenvalue weighted by Gasteiger charge is 2.14. The van der Waals surface area contributed by atoms with Gasteiger partial charge in [0.05, 0.1) is 19.7 Å². The largest absolute Gasteiger partial charge is 0.392 e. The van der Waals surface area contributed by atoms with Gasteiger partial charge < -0.3 is 10.4 Å². The minimum atomic E-state index is -0.204. The number of hydrogen-bond donors (Lipinski definition) is 2. The van der Waals surface area contributed by atoms with E-state index in [1.54, 1.807) is 18.2 Å². The molecule has 0 saturated carbocycles. The Morgan fingerprint density at radius 3 is 2.67 bits per heavy atom. The molecule has 2 N–H and O–H groups in total. The van der Waals surface area contributed by atoms with E-state index < -0.39 is 0 Å². The molecule has 3 nitrogen and oxygen atoms in total. The fourth-order valence-corrected chi connectivity index (χ4v) is 4.26. The number of anilines is 1. The van der Waals surface area contributed by atoms with Crippen LogP contribution < -0.4 is 5.32 Å². The lowest BCUT2D eigenvalue weighted by molar-refractivity contribution is 0.102. The molecule has 0 saturated heterocycles. The monoisotopic (exact) mass is 389 g/mol. The zero-order chi connectivity index (χ0) is 13.1. The number of halogens is 2. The number of aliphatic hydroxyl groups is 1. The van der Waals surface area contributed by atoms with Crippen molar-refractivity contribution in [2.45, 2.75) is 6.61 Å². The van der Waals surface area contributed by atoms with Gasteiger partial charge in [0.15, 0.2) is 0 Å². The SMILES string of the molecule is O=C(Nc1ccccc1CO)c1cc(Br)sc1Br. The van der Waals surface area contributed by atoms with E-state index in [0.717, 1.165) is 7.57 Å². The van der Waals surface area contributed by atoms with E-state index in [1.807, 2.05) is 12.1 Å². The van der Waals surface area contributed by atoms with Crippen LogP contribution in [-0.2, 0) is 6.61 Å². The normalized spacial score (nSPS) is 10.4. The average Bonchev–Trinajstić information content (AvgIpc) is 2.69. The van der Waals surface area contributed by atoms with E-state index >= 15 is 0 Å². The van der Waals surface area contributed by atoms with Crippen LogP contribution in [0.3, 0.4) is 0 Å². The average molecular weight is 391 g/mol. The molecule has 0 radical (unpaired) electrons. The van der Waals surface area contributed by atoms with Gasteiger partial charge in [-0.05, 0) is 44.0 Å². The Kier molecular flexibility index (Phi) is 4.55. The van der Waals surface area contributed by atoms with Crippen LogP contribution in [0.15, 0.2) is 37.9 Å². The Bertz CT molecular complexity index is 583. The van der Waals surface area contributed by atoms with E-state index in [0.29, 0.717) is 16.8 Å². The van der Waals surface area contributed by atoms with Crippen molar-refractivity contribution in [1.29, 1.82) is 0 Å². The predicted molar refractivity (Wildman–Crippen MR) is 80.0 cm³/mol. The summed E-state index contributed by atoms with van der Waals surface area (Å²) in [6.07, 6.45) is 0. The molecular formula is C12H9Br2NO2S. The van der Waals surface area contributed by atoms with Gasteiger partial charge in [0.2, 0.25) is 0 Å². The fourth-order valence-electron chi connectivity index (χ4n) is 1.46. The molecule has 0 atom stereocenters. The molecule has 94 valence electrons. The molecule has 0 fully saturated rings. The van der Waals surface area contributed by atoms with Gasteiger partial charge in [-0.15, -0.1) is 11.3 Å². The molecule has 0 spiro atoms. The molecule has 0 unspecified atom stereocenters. The fraction of sp³-hybridized carbons (Fsp3) is 0.0833. The zero-order valence-electron chi connectivity index (χ0n) is 9.11. The van der Waals surface area contributed by atoms with Crippen LogP contribution in [0, 0.1) is 0 Å². The maximum absolute atomic E-state index is 12.1. The van der Waals surface area contributed by atoms with Crippen molar-refractivity contribution >= 4 is 54.8 Å². The molecule has 1 aromatic carbocycles. The highest BCUT2D eigenvalue weighted by atomic mass is 79.9. The predicted octanol–water partition coefficient (Wildman–Crippen LogP) is 4.02. The maximum atomic E-state index is 12.1. The van der Waals surface area contributed by atoms with Crippen LogP contribution in [0.1, 0.15) is 15.9 Å². The van der Waals surface area contributed by atoms with Gasteiger partial charge in [0, 0.05) is 11.3 Å². The van der Waals surface area contributed by atoms with Gasteiger partial charge >= 0.3 is 0 Å². The lowest BCUT2D eigenvalue weighted by Crippen LogP contribution is -2.12. The minimum absolute atomic E-state index is 0.106. The maximum Gasteiger partial charge on any atom is 0.257 e. The first-order valence-corrected chi connectivity index (χ1v) is 7.47. The molecule has 1 amide bonds. The topological polar surface area (TPSA) is 49.3 Å². The summed E-state index contributed by atoms with van der Waals surface area (Å²) >= 11 is 8.12. The van der Waals surface area contributed by atoms with E-state index in [9.17, 15) is 9.90 Å². The molecule has 18 heavy (non-hydrogen) atoms. The van der Waals surface area contributed by atoms with Crippen LogP contribution >= 0.6 is 43.2 Å². The van der Waals surface area contributed by atoms with Gasteiger partial charge in [0.25, 0.3) is 5.91 Å². The molecule has 1 heterocycles. The molecule has 2 aromatic rings. The molecule has 1 aromatic heterocycles. The number of hydrogen-bond acceptors (Lipinski definition) is 3. The number of aliphatic hydroxyl groups excluding tert-OH is 1. The van der Waals surface area contributed by atoms with Gasteiger partial charge in [-0.3, -0.25) is 4.79 Å². The minimum Gasteiger partial charge on any atom is -0.392 e. The van der Waals surface area contributed by atoms with Crippen molar-refractivity contribution in [1.82, 2.24) is 0 Å². The smallest absolute Gasteiger partial charge is 0.257 e. The number of carbonyl (C=O) groups excluding carboxylic acids is 1. The quantitative estimate of drug-likeness (QED) is 0.831. The molecule has 6 heteroatoms. The number of amides is 1. The first-order chi connectivity index (χ1) is 8.61. The summed E-state index contributed by atoms with van der Waals surface area (Å²) in [5, 5.41) is 12.0. The molecule has 0 aliphatic carbocycles. The second-order valence-electron chi connectivity index (χ2n) is 3.51. The van der Waals surface area contributed by atoms with Gasteiger partial charge in [-0.2, -0.15) is 0 Å². The Labute approximate surface area is 125 Å². The third kappa shape index (κ3) is 3.00. The van der Waals surface area contributed by atoms with E-state index in [2.05, 4.69) is 37.2 Å². The summed E-state index contributed by atoms with van der Waals surface area (Å²) in [6.45, 7) is -0.106. The van der Waals surface area contributed by atoms with E-state index in [1.165, 1.54) is 11.3 Å². The van der Waals surface area contributed by atoms with Crippen molar-refractivity contribution in [3.63, 3.8) is 0 Å². The van der Waals surface area contributed by atoms with Crippen molar-refractivity contribution in [3.05, 3.63) is 49.0 Å². The van der Waals surface area contributed by atoms with Gasteiger partial charge in [0.1, 0.15) is 0 Å². The number of thiophene rings is 1. The van der Waals surface area contributed by atoms with Crippen LogP contribution in [-0.4, -0.2) is 11.0 Å². The van der Waals surface area contributed by atoms with Crippen molar-refractivity contribution < 1.29 is 9.90 Å². The number of rotatable bonds is 3. The number of benzene rings is 1. The second-order valence-corrected chi connectivity index (χ2v) is 7.26. The van der Waals surface area contributed by atoms with Crippen LogP contribution in [0.25, 0.3) is 0 Å². The number of carbonyl (C=O) groups is 1. The van der Waals surface area contributed by atoms with Gasteiger partial charge in [-0.25, -0.2) is 0 Å². The lowest BCUT2D eigenvalue weighted by atomic mass is 10.2. The summed E-state index contributed by atoms with van der Waals surface area (Å²) in [5.74, 6) is -0.204. The Morgan fingerprint density at radius 1 is 1.33 bits per heavy atom. The summed E-state index contributed by atoms with van der Waals surface area (Å²) in [6, 6.07) is 8.92. The Hall–Kier alpha value is -0.690. The third-order valence-corrected chi connectivity index (χ3v) is 4.68. The Morgan fingerprint density at radius 2 is 2.06 bits per heavy atom. The van der Waals surface area contributed by atoms with Gasteiger partial charge in [-0.1, -0.05) is 18.2 Å². The van der Waals surface area contributed by atoms with E-state index in [4.69, 9.17) is 0 Å². The Balaban J connectivity index is 2.24. The first kappa shape index (κ1) is 13.7. The van der Waals surface area contributed by atoms with Crippen LogP contribution in [0.5, 0.6) is 0 Å². The molecule has 0 aliphatic rings. The van der Waals surface area contributed by atoms with Crippen molar-refractivity contribution in [3.8, 4) is 0 Å². The van der Waals surface area contributed by atoms with Crippen LogP contribution in [0.2, 0.25) is 0 Å². The standard InChI is InChI=1S/C12H9Br2NO2S/c13-10-5-8(11(14)18-10)12(17)15-9-4-2-1-3-7(9)6-16/h1-5,16H,6H2,(H,15,17). The third-order valence-electron chi connectivity index (χ3n) is 2.34. The van der Waals surface area contributed by atoms with Crippen molar-refractivity contribution in [2.24, 2.45) is 0 Å². The molecular weight excluding hydrogens is 382 g/mol. The number of para-hydroxylation sites is 1. The molecule has 2 rings (SSSR count). The second kappa shape index (κ2) is 5.97. The number of nitrogens with one attached hydrogen (secondary N) is 1. The summed E-state index contributed by atoms with van der Waals surface area (Å²) in [5.41, 5.74) is 1.88. The first-order valence-electron chi connectivity index (χ1n) is 5.06. The lowest BCUT2D eigenvalue weighted by Gasteiger charge is -2.08. The van der Waals surface area contributed by atoms with Crippen molar-refractivity contribution in [2.75, 3.05) is 5.32 Å². The zero-order valence-corrected chi connectivity index (χ0v) is 13.1.